The Labute approximate surface area is 276 Å². The van der Waals surface area contributed by atoms with E-state index < -0.39 is 28.0 Å². The molecule has 47 heavy (non-hydrogen) atoms. The molecule has 1 saturated heterocycles. The van der Waals surface area contributed by atoms with Gasteiger partial charge in [-0.05, 0) is 65.8 Å². The first-order chi connectivity index (χ1) is 22.5. The van der Waals surface area contributed by atoms with Crippen LogP contribution in [0.25, 0.3) is 10.8 Å². The maximum atomic E-state index is 13.6. The number of carbonyl (C=O) groups is 3. The Bertz CT molecular complexity index is 1620. The Balaban J connectivity index is 1.41. The molecule has 1 aliphatic heterocycles. The van der Waals surface area contributed by atoms with Gasteiger partial charge in [0.15, 0.2) is 0 Å². The van der Waals surface area contributed by atoms with Crippen LogP contribution in [0.1, 0.15) is 38.7 Å². The summed E-state index contributed by atoms with van der Waals surface area (Å²) in [6.45, 7) is 5.87. The number of anilines is 1. The summed E-state index contributed by atoms with van der Waals surface area (Å²) in [5.74, 6) is -1.14. The first-order valence-corrected chi connectivity index (χ1v) is 17.5. The molecule has 2 atom stereocenters. The molecule has 254 valence electrons. The summed E-state index contributed by atoms with van der Waals surface area (Å²) in [4.78, 5) is 40.9. The number of nitrogens with two attached hydrogens (primary N) is 2. The number of rotatable bonds is 15. The fourth-order valence-corrected chi connectivity index (χ4v) is 7.45. The summed E-state index contributed by atoms with van der Waals surface area (Å²) >= 11 is 0. The number of nitrogens with zero attached hydrogens (tertiary/aromatic N) is 2. The molecule has 1 fully saturated rings. The Kier molecular flexibility index (Phi) is 12.6. The number of nitrogens with one attached hydrogen (secondary N) is 2. The van der Waals surface area contributed by atoms with Gasteiger partial charge in [0.1, 0.15) is 12.1 Å². The third kappa shape index (κ3) is 9.66. The van der Waals surface area contributed by atoms with Crippen LogP contribution in [0.3, 0.4) is 0 Å². The topological polar surface area (TPSA) is 177 Å². The van der Waals surface area contributed by atoms with E-state index in [0.29, 0.717) is 51.3 Å². The van der Waals surface area contributed by atoms with Crippen LogP contribution in [0.2, 0.25) is 0 Å². The zero-order chi connectivity index (χ0) is 34.0. The van der Waals surface area contributed by atoms with Crippen LogP contribution < -0.4 is 22.1 Å². The first-order valence-electron chi connectivity index (χ1n) is 16.0. The molecule has 3 aromatic rings. The van der Waals surface area contributed by atoms with Crippen molar-refractivity contribution in [2.24, 2.45) is 11.7 Å². The molecular formula is C34H46N6O6S. The fourth-order valence-electron chi connectivity index (χ4n) is 5.66. The third-order valence-corrected chi connectivity index (χ3v) is 10.0. The lowest BCUT2D eigenvalue weighted by atomic mass is 9.98. The van der Waals surface area contributed by atoms with Crippen molar-refractivity contribution in [3.8, 4) is 0 Å². The Morgan fingerprint density at radius 2 is 1.64 bits per heavy atom. The Morgan fingerprint density at radius 1 is 0.957 bits per heavy atom. The van der Waals surface area contributed by atoms with Crippen molar-refractivity contribution in [2.45, 2.75) is 56.5 Å². The molecule has 6 N–H and O–H groups in total. The van der Waals surface area contributed by atoms with Gasteiger partial charge >= 0.3 is 6.03 Å². The summed E-state index contributed by atoms with van der Waals surface area (Å²) in [5, 5.41) is 7.89. The number of ether oxygens (including phenoxy) is 1. The molecule has 3 aromatic carbocycles. The number of fused-ring (bicyclic) bond motifs is 1. The van der Waals surface area contributed by atoms with E-state index in [0.717, 1.165) is 16.3 Å². The number of hydrogen-bond donors (Lipinski definition) is 4. The number of sulfonamides is 1. The van der Waals surface area contributed by atoms with Crippen LogP contribution in [-0.4, -0.2) is 86.9 Å². The van der Waals surface area contributed by atoms with Gasteiger partial charge < -0.3 is 31.7 Å². The van der Waals surface area contributed by atoms with Gasteiger partial charge in [-0.2, -0.15) is 4.31 Å². The Hall–Kier alpha value is -4.20. The summed E-state index contributed by atoms with van der Waals surface area (Å²) in [5.41, 5.74) is 12.9. The minimum Gasteiger partial charge on any atom is -0.399 e. The molecule has 1 aliphatic rings. The average molecular weight is 667 g/mol. The van der Waals surface area contributed by atoms with Crippen LogP contribution in [0.15, 0.2) is 71.6 Å². The highest BCUT2D eigenvalue weighted by Gasteiger charge is 2.35. The van der Waals surface area contributed by atoms with E-state index in [1.807, 2.05) is 56.3 Å². The quantitative estimate of drug-likeness (QED) is 0.142. The van der Waals surface area contributed by atoms with Crippen LogP contribution in [-0.2, 0) is 30.8 Å². The van der Waals surface area contributed by atoms with E-state index in [2.05, 4.69) is 10.6 Å². The van der Waals surface area contributed by atoms with Gasteiger partial charge in [-0.15, -0.1) is 0 Å². The van der Waals surface area contributed by atoms with Crippen molar-refractivity contribution in [3.63, 3.8) is 0 Å². The van der Waals surface area contributed by atoms with E-state index in [1.165, 1.54) is 28.6 Å². The number of carbonyl (C=O) groups excluding carboxylic acids is 3. The first kappa shape index (κ1) is 35.7. The number of unbranched alkanes of at least 4 members (excludes halogenated alkanes) is 1. The SMILES string of the molecule is CC(C)CN(C(CCCCNC(=O)[C@H](Cc1cccc2ccccc12)NC(=O)N1CCOCC1)C(N)=O)S(=O)(=O)c1ccc(N)cc1. The number of hydrogen-bond acceptors (Lipinski definition) is 7. The lowest BCUT2D eigenvalue weighted by Gasteiger charge is -2.30. The molecule has 4 amide bonds. The molecule has 0 aromatic heterocycles. The van der Waals surface area contributed by atoms with Gasteiger partial charge in [0.05, 0.1) is 18.1 Å². The monoisotopic (exact) mass is 666 g/mol. The summed E-state index contributed by atoms with van der Waals surface area (Å²) in [6, 6.07) is 17.4. The normalized spacial score (nSPS) is 15.0. The predicted octanol–water partition coefficient (Wildman–Crippen LogP) is 2.86. The Morgan fingerprint density at radius 3 is 2.32 bits per heavy atom. The number of morpholine rings is 1. The average Bonchev–Trinajstić information content (AvgIpc) is 3.05. The maximum Gasteiger partial charge on any atom is 0.318 e. The van der Waals surface area contributed by atoms with Crippen molar-refractivity contribution in [1.29, 1.82) is 0 Å². The second-order valence-electron chi connectivity index (χ2n) is 12.2. The van der Waals surface area contributed by atoms with E-state index in [9.17, 15) is 22.8 Å². The number of urea groups is 1. The van der Waals surface area contributed by atoms with Crippen LogP contribution >= 0.6 is 0 Å². The lowest BCUT2D eigenvalue weighted by Crippen LogP contribution is -2.54. The molecule has 12 nitrogen and oxygen atoms in total. The standard InChI is InChI=1S/C34H46N6O6S/c1-24(2)23-40(47(44,45)28-15-13-27(35)14-16-28)31(32(36)41)12-5-6-17-37-33(42)30(38-34(43)39-18-20-46-21-19-39)22-26-10-7-9-25-8-3-4-11-29(25)26/h3-4,7-11,13-16,24,30-31H,5-6,12,17-23,35H2,1-2H3,(H2,36,41)(H,37,42)(H,38,43)/t30-,31?/m0/s1. The molecule has 13 heteroatoms. The smallest absolute Gasteiger partial charge is 0.318 e. The predicted molar refractivity (Wildman–Crippen MR) is 182 cm³/mol. The highest BCUT2D eigenvalue weighted by atomic mass is 32.2. The molecule has 4 rings (SSSR count). The minimum absolute atomic E-state index is 0.0298. The maximum absolute atomic E-state index is 13.6. The fraction of sp³-hybridized carbons (Fsp3) is 0.441. The van der Waals surface area contributed by atoms with Gasteiger partial charge in [-0.1, -0.05) is 56.3 Å². The van der Waals surface area contributed by atoms with E-state index in [1.54, 1.807) is 4.90 Å². The molecule has 0 saturated carbocycles. The third-order valence-electron chi connectivity index (χ3n) is 8.13. The van der Waals surface area contributed by atoms with Crippen LogP contribution in [0.4, 0.5) is 10.5 Å². The highest BCUT2D eigenvalue weighted by Crippen LogP contribution is 2.24. The van der Waals surface area contributed by atoms with Crippen molar-refractivity contribution in [3.05, 3.63) is 72.3 Å². The summed E-state index contributed by atoms with van der Waals surface area (Å²) in [7, 11) is -4.04. The molecule has 0 bridgehead atoms. The van der Waals surface area contributed by atoms with Crippen molar-refractivity contribution in [2.75, 3.05) is 45.1 Å². The van der Waals surface area contributed by atoms with Gasteiger partial charge in [-0.25, -0.2) is 13.2 Å². The summed E-state index contributed by atoms with van der Waals surface area (Å²) in [6.07, 6.45) is 1.36. The van der Waals surface area contributed by atoms with Crippen LogP contribution in [0.5, 0.6) is 0 Å². The number of benzene rings is 3. The largest absolute Gasteiger partial charge is 0.399 e. The second kappa shape index (κ2) is 16.6. The molecule has 0 aliphatic carbocycles. The van der Waals surface area contributed by atoms with E-state index in [4.69, 9.17) is 16.2 Å². The molecule has 1 heterocycles. The summed E-state index contributed by atoms with van der Waals surface area (Å²) < 4.78 is 33.7. The zero-order valence-electron chi connectivity index (χ0n) is 27.1. The van der Waals surface area contributed by atoms with E-state index >= 15 is 0 Å². The van der Waals surface area contributed by atoms with Crippen molar-refractivity contribution >= 4 is 44.3 Å². The lowest BCUT2D eigenvalue weighted by molar-refractivity contribution is -0.123. The number of primary amides is 1. The molecule has 0 spiro atoms. The zero-order valence-corrected chi connectivity index (χ0v) is 27.9. The van der Waals surface area contributed by atoms with E-state index in [-0.39, 0.29) is 42.3 Å². The second-order valence-corrected chi connectivity index (χ2v) is 14.1. The van der Waals surface area contributed by atoms with Gasteiger partial charge in [-0.3, -0.25) is 9.59 Å². The van der Waals surface area contributed by atoms with Gasteiger partial charge in [0.2, 0.25) is 21.8 Å². The highest BCUT2D eigenvalue weighted by molar-refractivity contribution is 7.89. The minimum atomic E-state index is -4.04. The number of nitrogen functional groups attached to an aromatic ring is 1. The van der Waals surface area contributed by atoms with Crippen molar-refractivity contribution in [1.82, 2.24) is 19.8 Å². The molecule has 1 unspecified atom stereocenters. The molecule has 0 radical (unpaired) electrons. The van der Waals surface area contributed by atoms with Crippen LogP contribution in [0, 0.1) is 5.92 Å². The molecular weight excluding hydrogens is 620 g/mol. The van der Waals surface area contributed by atoms with Crippen molar-refractivity contribution < 1.29 is 27.5 Å². The number of amides is 4. The van der Waals surface area contributed by atoms with Gasteiger partial charge in [0.25, 0.3) is 0 Å². The van der Waals surface area contributed by atoms with Gasteiger partial charge in [0, 0.05) is 38.3 Å².